The molecule has 0 aliphatic heterocycles. The molecule has 1 aliphatic carbocycles. The third-order valence-corrected chi connectivity index (χ3v) is 9.02. The molecule has 0 saturated heterocycles. The van der Waals surface area contributed by atoms with Crippen molar-refractivity contribution in [1.29, 1.82) is 0 Å². The quantitative estimate of drug-likeness (QED) is 0.488. The molecule has 3 aromatic rings. The fourth-order valence-electron chi connectivity index (χ4n) is 3.96. The van der Waals surface area contributed by atoms with Gasteiger partial charge < -0.3 is 0 Å². The number of benzene rings is 2. The van der Waals surface area contributed by atoms with Gasteiger partial charge in [-0.05, 0) is 67.5 Å². The van der Waals surface area contributed by atoms with Crippen LogP contribution in [0.15, 0.2) is 57.8 Å². The first-order chi connectivity index (χ1) is 14.0. The number of thioether (sulfide) groups is 1. The van der Waals surface area contributed by atoms with Gasteiger partial charge in [0.05, 0.1) is 15.1 Å². The minimum Gasteiger partial charge on any atom is -0.230 e. The number of hydrogen-bond donors (Lipinski definition) is 1. The number of nitrogens with zero attached hydrogens (tertiary/aromatic N) is 1. The van der Waals surface area contributed by atoms with Crippen molar-refractivity contribution < 1.29 is 8.42 Å². The van der Waals surface area contributed by atoms with Crippen LogP contribution in [-0.2, 0) is 16.4 Å². The first-order valence-corrected chi connectivity index (χ1v) is 13.4. The van der Waals surface area contributed by atoms with Crippen molar-refractivity contribution in [3.63, 3.8) is 0 Å². The van der Waals surface area contributed by atoms with Crippen molar-refractivity contribution in [1.82, 2.24) is 9.71 Å². The Morgan fingerprint density at radius 2 is 1.86 bits per heavy atom. The van der Waals surface area contributed by atoms with E-state index in [1.54, 1.807) is 35.2 Å². The predicted octanol–water partition coefficient (Wildman–Crippen LogP) is 5.49. The van der Waals surface area contributed by atoms with Crippen LogP contribution in [-0.4, -0.2) is 25.2 Å². The molecule has 4 rings (SSSR count). The number of rotatable bonds is 7. The van der Waals surface area contributed by atoms with E-state index < -0.39 is 10.0 Å². The van der Waals surface area contributed by atoms with E-state index in [1.807, 2.05) is 12.1 Å². The van der Waals surface area contributed by atoms with E-state index in [4.69, 9.17) is 0 Å². The van der Waals surface area contributed by atoms with Gasteiger partial charge in [0.15, 0.2) is 4.34 Å². The third kappa shape index (κ3) is 5.20. The summed E-state index contributed by atoms with van der Waals surface area (Å²) >= 11 is 3.24. The summed E-state index contributed by atoms with van der Waals surface area (Å²) in [7, 11) is -3.51. The van der Waals surface area contributed by atoms with Crippen molar-refractivity contribution in [2.24, 2.45) is 5.92 Å². The summed E-state index contributed by atoms with van der Waals surface area (Å²) < 4.78 is 30.7. The number of fused-ring (bicyclic) bond motifs is 1. The lowest BCUT2D eigenvalue weighted by Gasteiger charge is -2.29. The average molecular weight is 447 g/mol. The molecule has 29 heavy (non-hydrogen) atoms. The molecule has 0 bridgehead atoms. The van der Waals surface area contributed by atoms with E-state index in [0.717, 1.165) is 52.4 Å². The molecule has 1 saturated carbocycles. The molecule has 0 spiro atoms. The molecule has 0 radical (unpaired) electrons. The largest absolute Gasteiger partial charge is 0.240 e. The number of sulfonamides is 1. The SMILES string of the molecule is CCSc1nc2ccc(S(=O)(=O)NC3CCC(Cc4ccccc4)CC3)cc2s1. The minimum absolute atomic E-state index is 0.0235. The molecule has 154 valence electrons. The Kier molecular flexibility index (Phi) is 6.59. The van der Waals surface area contributed by atoms with Crippen LogP contribution in [0.25, 0.3) is 10.2 Å². The molecule has 7 heteroatoms. The van der Waals surface area contributed by atoms with E-state index in [9.17, 15) is 8.42 Å². The van der Waals surface area contributed by atoms with Gasteiger partial charge >= 0.3 is 0 Å². The molecule has 4 nitrogen and oxygen atoms in total. The summed E-state index contributed by atoms with van der Waals surface area (Å²) in [4.78, 5) is 4.89. The lowest BCUT2D eigenvalue weighted by molar-refractivity contribution is 0.311. The zero-order valence-electron chi connectivity index (χ0n) is 16.5. The lowest BCUT2D eigenvalue weighted by atomic mass is 9.83. The standard InChI is InChI=1S/C22H26N2O2S3/c1-2-27-22-23-20-13-12-19(15-21(20)28-22)29(25,26)24-18-10-8-17(9-11-18)14-16-6-4-3-5-7-16/h3-7,12-13,15,17-18,24H,2,8-11,14H2,1H3. The molecule has 1 heterocycles. The third-order valence-electron chi connectivity index (χ3n) is 5.45. The van der Waals surface area contributed by atoms with Crippen molar-refractivity contribution in [2.45, 2.75) is 54.3 Å². The average Bonchev–Trinajstić information content (AvgIpc) is 3.12. The second kappa shape index (κ2) is 9.16. The molecule has 0 unspecified atom stereocenters. The summed E-state index contributed by atoms with van der Waals surface area (Å²) in [6.07, 6.45) is 5.01. The molecular weight excluding hydrogens is 420 g/mol. The topological polar surface area (TPSA) is 59.1 Å². The van der Waals surface area contributed by atoms with Crippen LogP contribution in [0.2, 0.25) is 0 Å². The lowest BCUT2D eigenvalue weighted by Crippen LogP contribution is -2.37. The first kappa shape index (κ1) is 20.8. The summed E-state index contributed by atoms with van der Waals surface area (Å²) in [5.41, 5.74) is 2.24. The zero-order valence-corrected chi connectivity index (χ0v) is 19.0. The van der Waals surface area contributed by atoms with Crippen LogP contribution >= 0.6 is 23.1 Å². The molecule has 0 atom stereocenters. The van der Waals surface area contributed by atoms with Gasteiger partial charge in [-0.2, -0.15) is 0 Å². The number of thiazole rings is 1. The predicted molar refractivity (Wildman–Crippen MR) is 122 cm³/mol. The Morgan fingerprint density at radius 1 is 1.10 bits per heavy atom. The normalized spacial score (nSPS) is 20.2. The summed E-state index contributed by atoms with van der Waals surface area (Å²) in [5, 5.41) is 0. The Morgan fingerprint density at radius 3 is 2.59 bits per heavy atom. The van der Waals surface area contributed by atoms with E-state index in [-0.39, 0.29) is 6.04 Å². The maximum atomic E-state index is 12.9. The van der Waals surface area contributed by atoms with Crippen LogP contribution in [0.3, 0.4) is 0 Å². The van der Waals surface area contributed by atoms with Gasteiger partial charge in [0, 0.05) is 6.04 Å². The smallest absolute Gasteiger partial charge is 0.230 e. The summed E-state index contributed by atoms with van der Waals surface area (Å²) in [6, 6.07) is 15.8. The molecule has 1 fully saturated rings. The summed E-state index contributed by atoms with van der Waals surface area (Å²) in [5.74, 6) is 1.60. The van der Waals surface area contributed by atoms with Gasteiger partial charge in [-0.15, -0.1) is 11.3 Å². The van der Waals surface area contributed by atoms with E-state index in [2.05, 4.69) is 40.9 Å². The van der Waals surface area contributed by atoms with Crippen LogP contribution in [0.5, 0.6) is 0 Å². The van der Waals surface area contributed by atoms with Crippen LogP contribution in [0, 0.1) is 5.92 Å². The Balaban J connectivity index is 1.38. The van der Waals surface area contributed by atoms with Crippen molar-refractivity contribution in [2.75, 3.05) is 5.75 Å². The van der Waals surface area contributed by atoms with Crippen LogP contribution in [0.4, 0.5) is 0 Å². The molecular formula is C22H26N2O2S3. The van der Waals surface area contributed by atoms with Crippen LogP contribution < -0.4 is 4.72 Å². The molecule has 1 aromatic heterocycles. The molecule has 1 N–H and O–H groups in total. The molecule has 1 aliphatic rings. The number of nitrogens with one attached hydrogen (secondary N) is 1. The van der Waals surface area contributed by atoms with E-state index in [1.165, 1.54) is 5.56 Å². The fourth-order valence-corrected chi connectivity index (χ4v) is 7.37. The van der Waals surface area contributed by atoms with Gasteiger partial charge in [-0.3, -0.25) is 0 Å². The molecule has 0 amide bonds. The maximum absolute atomic E-state index is 12.9. The van der Waals surface area contributed by atoms with Crippen molar-refractivity contribution >= 4 is 43.3 Å². The Hall–Kier alpha value is -1.41. The second-order valence-corrected chi connectivity index (χ2v) is 11.8. The van der Waals surface area contributed by atoms with Crippen LogP contribution in [0.1, 0.15) is 38.2 Å². The Bertz CT molecular complexity index is 1060. The second-order valence-electron chi connectivity index (χ2n) is 7.57. The highest BCUT2D eigenvalue weighted by Crippen LogP contribution is 2.32. The van der Waals surface area contributed by atoms with Gasteiger partial charge in [0.25, 0.3) is 0 Å². The van der Waals surface area contributed by atoms with Gasteiger partial charge in [0.1, 0.15) is 0 Å². The zero-order chi connectivity index (χ0) is 20.3. The maximum Gasteiger partial charge on any atom is 0.240 e. The highest BCUT2D eigenvalue weighted by Gasteiger charge is 2.26. The van der Waals surface area contributed by atoms with Gasteiger partial charge in [0.2, 0.25) is 10.0 Å². The fraction of sp³-hybridized carbons (Fsp3) is 0.409. The van der Waals surface area contributed by atoms with Crippen molar-refractivity contribution in [3.8, 4) is 0 Å². The number of hydrogen-bond acceptors (Lipinski definition) is 5. The van der Waals surface area contributed by atoms with E-state index in [0.29, 0.717) is 10.8 Å². The molecule has 2 aromatic carbocycles. The highest BCUT2D eigenvalue weighted by atomic mass is 32.2. The highest BCUT2D eigenvalue weighted by molar-refractivity contribution is 8.01. The minimum atomic E-state index is -3.51. The van der Waals surface area contributed by atoms with E-state index >= 15 is 0 Å². The van der Waals surface area contributed by atoms with Gasteiger partial charge in [-0.25, -0.2) is 18.1 Å². The first-order valence-electron chi connectivity index (χ1n) is 10.1. The monoisotopic (exact) mass is 446 g/mol. The summed E-state index contributed by atoms with van der Waals surface area (Å²) in [6.45, 7) is 2.09. The van der Waals surface area contributed by atoms with Crippen molar-refractivity contribution in [3.05, 3.63) is 54.1 Å². The Labute approximate surface area is 181 Å². The van der Waals surface area contributed by atoms with Gasteiger partial charge in [-0.1, -0.05) is 49.0 Å². The number of aromatic nitrogens is 1.